The maximum absolute atomic E-state index is 11.3. The minimum absolute atomic E-state index is 0.122. The number of carboxylic acids is 1. The number of carbonyl (C=O) groups is 2. The zero-order valence-corrected chi connectivity index (χ0v) is 11.8. The number of aliphatic hydroxyl groups is 1. The maximum Gasteiger partial charge on any atom is 0.306 e. The lowest BCUT2D eigenvalue weighted by Gasteiger charge is -2.41. The highest BCUT2D eigenvalue weighted by Gasteiger charge is 2.38. The minimum atomic E-state index is -0.814. The van der Waals surface area contributed by atoms with Gasteiger partial charge in [-0.1, -0.05) is 0 Å². The molecule has 0 aromatic heterocycles. The van der Waals surface area contributed by atoms with Crippen LogP contribution in [0.15, 0.2) is 0 Å². The van der Waals surface area contributed by atoms with Gasteiger partial charge >= 0.3 is 5.97 Å². The number of hydrogen-bond acceptors (Lipinski definition) is 4. The molecule has 6 heteroatoms. The first kappa shape index (κ1) is 15.3. The third-order valence-electron chi connectivity index (χ3n) is 4.69. The van der Waals surface area contributed by atoms with Crippen LogP contribution in [-0.4, -0.2) is 52.2 Å². The fourth-order valence-electron chi connectivity index (χ4n) is 3.41. The van der Waals surface area contributed by atoms with Crippen molar-refractivity contribution in [3.05, 3.63) is 0 Å². The van der Waals surface area contributed by atoms with Crippen molar-refractivity contribution in [3.8, 4) is 0 Å². The van der Waals surface area contributed by atoms with E-state index in [-0.39, 0.29) is 17.7 Å². The smallest absolute Gasteiger partial charge is 0.306 e. The quantitative estimate of drug-likeness (QED) is 0.683. The van der Waals surface area contributed by atoms with Gasteiger partial charge in [0.2, 0.25) is 5.91 Å². The fourth-order valence-corrected chi connectivity index (χ4v) is 3.41. The van der Waals surface area contributed by atoms with E-state index in [0.29, 0.717) is 38.8 Å². The maximum atomic E-state index is 11.3. The SMILES string of the molecule is NC(=O)C1CCCN(CC2(O)CCC(C(=O)O)CC2)C1. The second kappa shape index (κ2) is 6.10. The van der Waals surface area contributed by atoms with Crippen LogP contribution in [0.5, 0.6) is 0 Å². The van der Waals surface area contributed by atoms with Crippen molar-refractivity contribution in [2.75, 3.05) is 19.6 Å². The Labute approximate surface area is 118 Å². The van der Waals surface area contributed by atoms with Gasteiger partial charge < -0.3 is 15.9 Å². The average molecular weight is 284 g/mol. The van der Waals surface area contributed by atoms with E-state index >= 15 is 0 Å². The standard InChI is InChI=1S/C14H24N2O4/c15-12(17)11-2-1-7-16(8-11)9-14(20)5-3-10(4-6-14)13(18)19/h10-11,20H,1-9H2,(H2,15,17)(H,18,19). The number of β-amino-alcohol motifs (C(OH)–C–C–N with tert-alkyl or cyclic N) is 1. The second-order valence-electron chi connectivity index (χ2n) is 6.31. The van der Waals surface area contributed by atoms with Gasteiger partial charge in [-0.2, -0.15) is 0 Å². The average Bonchev–Trinajstić information content (AvgIpc) is 2.39. The van der Waals surface area contributed by atoms with Crippen molar-refractivity contribution in [3.63, 3.8) is 0 Å². The predicted octanol–water partition coefficient (Wildman–Crippen LogP) is 0.190. The molecule has 2 fully saturated rings. The lowest BCUT2D eigenvalue weighted by molar-refractivity contribution is -0.145. The molecule has 0 bridgehead atoms. The molecule has 1 amide bonds. The Balaban J connectivity index is 1.86. The molecule has 0 spiro atoms. The normalized spacial score (nSPS) is 35.6. The summed E-state index contributed by atoms with van der Waals surface area (Å²) in [4.78, 5) is 24.3. The summed E-state index contributed by atoms with van der Waals surface area (Å²) >= 11 is 0. The van der Waals surface area contributed by atoms with Crippen LogP contribution < -0.4 is 5.73 Å². The molecular formula is C14H24N2O4. The number of primary amides is 1. The molecule has 2 aliphatic rings. The number of amides is 1. The Bertz CT molecular complexity index is 377. The highest BCUT2D eigenvalue weighted by atomic mass is 16.4. The van der Waals surface area contributed by atoms with E-state index in [1.807, 2.05) is 0 Å². The summed E-state index contributed by atoms with van der Waals surface area (Å²) in [6.07, 6.45) is 3.83. The monoisotopic (exact) mass is 284 g/mol. The lowest BCUT2D eigenvalue weighted by Crippen LogP contribution is -2.50. The Hall–Kier alpha value is -1.14. The number of nitrogens with two attached hydrogens (primary N) is 1. The van der Waals surface area contributed by atoms with Gasteiger partial charge in [0.25, 0.3) is 0 Å². The van der Waals surface area contributed by atoms with Crippen molar-refractivity contribution < 1.29 is 19.8 Å². The summed E-state index contributed by atoms with van der Waals surface area (Å²) in [6.45, 7) is 2.00. The second-order valence-corrected chi connectivity index (χ2v) is 6.31. The molecule has 20 heavy (non-hydrogen) atoms. The molecule has 2 rings (SSSR count). The number of carbonyl (C=O) groups excluding carboxylic acids is 1. The van der Waals surface area contributed by atoms with E-state index in [2.05, 4.69) is 4.90 Å². The highest BCUT2D eigenvalue weighted by Crippen LogP contribution is 2.33. The van der Waals surface area contributed by atoms with Crippen molar-refractivity contribution in [1.29, 1.82) is 0 Å². The lowest BCUT2D eigenvalue weighted by atomic mass is 9.78. The van der Waals surface area contributed by atoms with Crippen molar-refractivity contribution >= 4 is 11.9 Å². The van der Waals surface area contributed by atoms with Gasteiger partial charge in [-0.15, -0.1) is 0 Å². The van der Waals surface area contributed by atoms with E-state index < -0.39 is 11.6 Å². The minimum Gasteiger partial charge on any atom is -0.481 e. The molecule has 1 aliphatic heterocycles. The van der Waals surface area contributed by atoms with Gasteiger partial charge in [-0.3, -0.25) is 14.5 Å². The molecule has 114 valence electrons. The largest absolute Gasteiger partial charge is 0.481 e. The molecule has 1 aliphatic carbocycles. The zero-order chi connectivity index (χ0) is 14.8. The van der Waals surface area contributed by atoms with E-state index in [1.165, 1.54) is 0 Å². The molecule has 6 nitrogen and oxygen atoms in total. The summed E-state index contributed by atoms with van der Waals surface area (Å²) in [5, 5.41) is 19.6. The molecule has 0 radical (unpaired) electrons. The van der Waals surface area contributed by atoms with Gasteiger partial charge in [0, 0.05) is 13.1 Å². The van der Waals surface area contributed by atoms with E-state index in [1.54, 1.807) is 0 Å². The fraction of sp³-hybridized carbons (Fsp3) is 0.857. The molecule has 1 saturated carbocycles. The number of nitrogens with zero attached hydrogens (tertiary/aromatic N) is 1. The molecule has 1 heterocycles. The van der Waals surface area contributed by atoms with Crippen LogP contribution in [-0.2, 0) is 9.59 Å². The third kappa shape index (κ3) is 3.70. The van der Waals surface area contributed by atoms with Crippen LogP contribution in [0.3, 0.4) is 0 Å². The molecule has 1 atom stereocenters. The summed E-state index contributed by atoms with van der Waals surface area (Å²) in [7, 11) is 0. The Morgan fingerprint density at radius 3 is 2.40 bits per heavy atom. The summed E-state index contributed by atoms with van der Waals surface area (Å²) in [5.41, 5.74) is 4.54. The zero-order valence-electron chi connectivity index (χ0n) is 11.8. The van der Waals surface area contributed by atoms with Crippen molar-refractivity contribution in [2.45, 2.75) is 44.1 Å². The first-order valence-corrected chi connectivity index (χ1v) is 7.36. The Morgan fingerprint density at radius 2 is 1.85 bits per heavy atom. The number of aliphatic carboxylic acids is 1. The van der Waals surface area contributed by atoms with Crippen LogP contribution >= 0.6 is 0 Å². The number of likely N-dealkylation sites (tertiary alicyclic amines) is 1. The number of piperidine rings is 1. The summed E-state index contributed by atoms with van der Waals surface area (Å²) < 4.78 is 0. The van der Waals surface area contributed by atoms with Crippen LogP contribution in [0, 0.1) is 11.8 Å². The number of rotatable bonds is 4. The Kier molecular flexibility index (Phi) is 4.65. The predicted molar refractivity (Wildman–Crippen MR) is 72.9 cm³/mol. The van der Waals surface area contributed by atoms with Crippen molar-refractivity contribution in [2.24, 2.45) is 17.6 Å². The van der Waals surface area contributed by atoms with Gasteiger partial charge in [0.1, 0.15) is 0 Å². The van der Waals surface area contributed by atoms with Crippen molar-refractivity contribution in [1.82, 2.24) is 4.90 Å². The number of carboxylic acid groups (broad SMARTS) is 1. The number of hydrogen-bond donors (Lipinski definition) is 3. The third-order valence-corrected chi connectivity index (χ3v) is 4.69. The Morgan fingerprint density at radius 1 is 1.20 bits per heavy atom. The van der Waals surface area contributed by atoms with E-state index in [9.17, 15) is 14.7 Å². The topological polar surface area (TPSA) is 104 Å². The first-order valence-electron chi connectivity index (χ1n) is 7.36. The molecule has 1 unspecified atom stereocenters. The summed E-state index contributed by atoms with van der Waals surface area (Å²) in [6, 6.07) is 0. The highest BCUT2D eigenvalue weighted by molar-refractivity contribution is 5.76. The van der Waals surface area contributed by atoms with Gasteiger partial charge in [0.05, 0.1) is 17.4 Å². The van der Waals surface area contributed by atoms with Gasteiger partial charge in [-0.25, -0.2) is 0 Å². The van der Waals surface area contributed by atoms with Crippen LogP contribution in [0.1, 0.15) is 38.5 Å². The van der Waals surface area contributed by atoms with E-state index in [0.717, 1.165) is 19.4 Å². The summed E-state index contributed by atoms with van der Waals surface area (Å²) in [5.74, 6) is -1.48. The van der Waals surface area contributed by atoms with Crippen LogP contribution in [0.2, 0.25) is 0 Å². The van der Waals surface area contributed by atoms with Gasteiger partial charge in [0.15, 0.2) is 0 Å². The van der Waals surface area contributed by atoms with Crippen LogP contribution in [0.25, 0.3) is 0 Å². The molecule has 0 aromatic rings. The molecule has 1 saturated heterocycles. The van der Waals surface area contributed by atoms with Crippen LogP contribution in [0.4, 0.5) is 0 Å². The molecular weight excluding hydrogens is 260 g/mol. The molecule has 0 aromatic carbocycles. The first-order chi connectivity index (χ1) is 9.39. The van der Waals surface area contributed by atoms with E-state index in [4.69, 9.17) is 10.8 Å². The van der Waals surface area contributed by atoms with Gasteiger partial charge in [-0.05, 0) is 45.1 Å². The molecule has 4 N–H and O–H groups in total.